The fourth-order valence-electron chi connectivity index (χ4n) is 3.63. The predicted molar refractivity (Wildman–Crippen MR) is 83.7 cm³/mol. The van der Waals surface area contributed by atoms with Gasteiger partial charge in [-0.3, -0.25) is 4.79 Å². The SMILES string of the molecule is CC(NCC1(C)CCCCC1)C(=O)N1CCCCCC1. The Hall–Kier alpha value is -0.570. The van der Waals surface area contributed by atoms with Crippen LogP contribution in [0.15, 0.2) is 0 Å². The van der Waals surface area contributed by atoms with Gasteiger partial charge in [-0.1, -0.05) is 39.0 Å². The highest BCUT2D eigenvalue weighted by Crippen LogP contribution is 2.35. The van der Waals surface area contributed by atoms with Crippen LogP contribution in [-0.4, -0.2) is 36.5 Å². The van der Waals surface area contributed by atoms with Crippen LogP contribution in [0.3, 0.4) is 0 Å². The zero-order valence-corrected chi connectivity index (χ0v) is 13.4. The molecule has 1 amide bonds. The monoisotopic (exact) mass is 280 g/mol. The summed E-state index contributed by atoms with van der Waals surface area (Å²) in [5.74, 6) is 0.311. The van der Waals surface area contributed by atoms with Crippen LogP contribution in [0.4, 0.5) is 0 Å². The average molecular weight is 280 g/mol. The van der Waals surface area contributed by atoms with Crippen LogP contribution in [0.5, 0.6) is 0 Å². The molecular weight excluding hydrogens is 248 g/mol. The zero-order chi connectivity index (χ0) is 14.4. The Labute approximate surface area is 124 Å². The number of likely N-dealkylation sites (tertiary alicyclic amines) is 1. The van der Waals surface area contributed by atoms with Gasteiger partial charge < -0.3 is 10.2 Å². The summed E-state index contributed by atoms with van der Waals surface area (Å²) in [5.41, 5.74) is 0.408. The lowest BCUT2D eigenvalue weighted by atomic mass is 9.75. The second kappa shape index (κ2) is 7.44. The van der Waals surface area contributed by atoms with Crippen molar-refractivity contribution in [2.75, 3.05) is 19.6 Å². The van der Waals surface area contributed by atoms with Gasteiger partial charge in [0, 0.05) is 19.6 Å². The molecule has 20 heavy (non-hydrogen) atoms. The first-order valence-electron chi connectivity index (χ1n) is 8.63. The Morgan fingerprint density at radius 3 is 2.20 bits per heavy atom. The van der Waals surface area contributed by atoms with E-state index in [1.807, 2.05) is 6.92 Å². The summed E-state index contributed by atoms with van der Waals surface area (Å²) in [4.78, 5) is 14.6. The lowest BCUT2D eigenvalue weighted by Crippen LogP contribution is -2.48. The van der Waals surface area contributed by atoms with Gasteiger partial charge in [-0.2, -0.15) is 0 Å². The number of rotatable bonds is 4. The van der Waals surface area contributed by atoms with Crippen molar-refractivity contribution < 1.29 is 4.79 Å². The minimum Gasteiger partial charge on any atom is -0.341 e. The third-order valence-electron chi connectivity index (χ3n) is 5.18. The fourth-order valence-corrected chi connectivity index (χ4v) is 3.63. The van der Waals surface area contributed by atoms with E-state index in [-0.39, 0.29) is 6.04 Å². The molecule has 2 aliphatic rings. The summed E-state index contributed by atoms with van der Waals surface area (Å²) in [6.45, 7) is 7.33. The second-order valence-corrected chi connectivity index (χ2v) is 7.21. The second-order valence-electron chi connectivity index (χ2n) is 7.21. The van der Waals surface area contributed by atoms with Crippen molar-refractivity contribution in [2.24, 2.45) is 5.41 Å². The predicted octanol–water partition coefficient (Wildman–Crippen LogP) is 3.34. The molecule has 1 saturated carbocycles. The molecule has 1 N–H and O–H groups in total. The van der Waals surface area contributed by atoms with E-state index in [9.17, 15) is 4.79 Å². The van der Waals surface area contributed by atoms with Crippen molar-refractivity contribution in [2.45, 2.75) is 77.7 Å². The van der Waals surface area contributed by atoms with Crippen molar-refractivity contribution in [1.82, 2.24) is 10.2 Å². The Morgan fingerprint density at radius 1 is 1.05 bits per heavy atom. The maximum absolute atomic E-state index is 12.5. The van der Waals surface area contributed by atoms with Gasteiger partial charge >= 0.3 is 0 Å². The molecule has 0 aromatic rings. The first kappa shape index (κ1) is 15.8. The van der Waals surface area contributed by atoms with Gasteiger partial charge in [0.2, 0.25) is 5.91 Å². The van der Waals surface area contributed by atoms with E-state index in [0.29, 0.717) is 11.3 Å². The minimum atomic E-state index is -0.0214. The highest BCUT2D eigenvalue weighted by atomic mass is 16.2. The number of hydrogen-bond acceptors (Lipinski definition) is 2. The largest absolute Gasteiger partial charge is 0.341 e. The minimum absolute atomic E-state index is 0.0214. The van der Waals surface area contributed by atoms with E-state index < -0.39 is 0 Å². The molecule has 0 radical (unpaired) electrons. The topological polar surface area (TPSA) is 32.3 Å². The van der Waals surface area contributed by atoms with E-state index in [0.717, 1.165) is 19.6 Å². The van der Waals surface area contributed by atoms with Gasteiger partial charge in [0.05, 0.1) is 6.04 Å². The smallest absolute Gasteiger partial charge is 0.239 e. The van der Waals surface area contributed by atoms with Crippen LogP contribution in [0.1, 0.15) is 71.6 Å². The van der Waals surface area contributed by atoms with Crippen LogP contribution in [0, 0.1) is 5.41 Å². The molecule has 0 spiro atoms. The molecule has 1 unspecified atom stereocenters. The Morgan fingerprint density at radius 2 is 1.60 bits per heavy atom. The first-order valence-corrected chi connectivity index (χ1v) is 8.63. The van der Waals surface area contributed by atoms with Crippen molar-refractivity contribution in [3.05, 3.63) is 0 Å². The standard InChI is InChI=1S/C17H32N2O/c1-15(16(20)19-12-8-3-4-9-13-19)18-14-17(2)10-6-5-7-11-17/h15,18H,3-14H2,1-2H3. The lowest BCUT2D eigenvalue weighted by Gasteiger charge is -2.35. The molecule has 0 bridgehead atoms. The van der Waals surface area contributed by atoms with Gasteiger partial charge in [-0.05, 0) is 38.0 Å². The zero-order valence-electron chi connectivity index (χ0n) is 13.4. The number of nitrogens with one attached hydrogen (secondary N) is 1. The molecule has 1 aliphatic heterocycles. The number of carbonyl (C=O) groups excluding carboxylic acids is 1. The lowest BCUT2D eigenvalue weighted by molar-refractivity contribution is -0.133. The molecule has 116 valence electrons. The van der Waals surface area contributed by atoms with Gasteiger partial charge in [0.1, 0.15) is 0 Å². The molecule has 2 fully saturated rings. The van der Waals surface area contributed by atoms with Crippen LogP contribution < -0.4 is 5.32 Å². The summed E-state index contributed by atoms with van der Waals surface area (Å²) < 4.78 is 0. The van der Waals surface area contributed by atoms with Crippen molar-refractivity contribution >= 4 is 5.91 Å². The van der Waals surface area contributed by atoms with Crippen LogP contribution in [-0.2, 0) is 4.79 Å². The van der Waals surface area contributed by atoms with Gasteiger partial charge in [0.25, 0.3) is 0 Å². The number of nitrogens with zero attached hydrogens (tertiary/aromatic N) is 1. The Bertz CT molecular complexity index is 302. The third-order valence-corrected chi connectivity index (χ3v) is 5.18. The first-order chi connectivity index (χ1) is 9.61. The normalized spacial score (nSPS) is 25.0. The molecule has 1 atom stereocenters. The quantitative estimate of drug-likeness (QED) is 0.856. The number of hydrogen-bond donors (Lipinski definition) is 1. The molecule has 0 aromatic carbocycles. The molecular formula is C17H32N2O. The Kier molecular flexibility index (Phi) is 5.88. The maximum atomic E-state index is 12.5. The van der Waals surface area contributed by atoms with Crippen molar-refractivity contribution in [3.8, 4) is 0 Å². The summed E-state index contributed by atoms with van der Waals surface area (Å²) in [6, 6.07) is -0.0214. The highest BCUT2D eigenvalue weighted by Gasteiger charge is 2.28. The summed E-state index contributed by atoms with van der Waals surface area (Å²) >= 11 is 0. The molecule has 0 aromatic heterocycles. The highest BCUT2D eigenvalue weighted by molar-refractivity contribution is 5.81. The van der Waals surface area contributed by atoms with Crippen LogP contribution in [0.25, 0.3) is 0 Å². The Balaban J connectivity index is 1.78. The fraction of sp³-hybridized carbons (Fsp3) is 0.941. The molecule has 1 saturated heterocycles. The van der Waals surface area contributed by atoms with Crippen molar-refractivity contribution in [3.63, 3.8) is 0 Å². The van der Waals surface area contributed by atoms with E-state index in [1.54, 1.807) is 0 Å². The van der Waals surface area contributed by atoms with Gasteiger partial charge in [0.15, 0.2) is 0 Å². The molecule has 1 heterocycles. The number of amides is 1. The summed E-state index contributed by atoms with van der Waals surface area (Å²) in [7, 11) is 0. The van der Waals surface area contributed by atoms with Crippen LogP contribution in [0.2, 0.25) is 0 Å². The van der Waals surface area contributed by atoms with Crippen LogP contribution >= 0.6 is 0 Å². The van der Waals surface area contributed by atoms with E-state index in [4.69, 9.17) is 0 Å². The molecule has 2 rings (SSSR count). The molecule has 1 aliphatic carbocycles. The van der Waals surface area contributed by atoms with Gasteiger partial charge in [-0.25, -0.2) is 0 Å². The number of carbonyl (C=O) groups is 1. The average Bonchev–Trinajstić information content (AvgIpc) is 2.74. The van der Waals surface area contributed by atoms with Gasteiger partial charge in [-0.15, -0.1) is 0 Å². The molecule has 3 heteroatoms. The summed E-state index contributed by atoms with van der Waals surface area (Å²) in [5, 5.41) is 3.52. The third kappa shape index (κ3) is 4.47. The van der Waals surface area contributed by atoms with E-state index in [2.05, 4.69) is 17.1 Å². The molecule has 3 nitrogen and oxygen atoms in total. The maximum Gasteiger partial charge on any atom is 0.239 e. The van der Waals surface area contributed by atoms with E-state index >= 15 is 0 Å². The van der Waals surface area contributed by atoms with Crippen molar-refractivity contribution in [1.29, 1.82) is 0 Å². The van der Waals surface area contributed by atoms with E-state index in [1.165, 1.54) is 57.8 Å². The summed E-state index contributed by atoms with van der Waals surface area (Å²) in [6.07, 6.45) is 11.6.